The Morgan fingerprint density at radius 2 is 1.78 bits per heavy atom. The summed E-state index contributed by atoms with van der Waals surface area (Å²) >= 11 is 0. The Bertz CT molecular complexity index is 307. The molecule has 5 heteroatoms. The van der Waals surface area contributed by atoms with Gasteiger partial charge in [0.25, 0.3) is 0 Å². The standard InChI is InChI=1S/C13H22N2O3/c1-18-13(17)9-12(16)15-7-5-11(6-8-15)14-10-3-2-4-10/h10-11,14H,2-9H2,1H3. The van der Waals surface area contributed by atoms with Crippen LogP contribution < -0.4 is 5.32 Å². The molecule has 0 aromatic rings. The minimum Gasteiger partial charge on any atom is -0.469 e. The van der Waals surface area contributed by atoms with E-state index in [1.807, 2.05) is 0 Å². The molecule has 18 heavy (non-hydrogen) atoms. The molecule has 1 saturated carbocycles. The number of hydrogen-bond donors (Lipinski definition) is 1. The Labute approximate surface area is 108 Å². The second-order valence-corrected chi connectivity index (χ2v) is 5.20. The molecule has 1 N–H and O–H groups in total. The van der Waals surface area contributed by atoms with Crippen LogP contribution in [0.1, 0.15) is 38.5 Å². The highest BCUT2D eigenvalue weighted by Crippen LogP contribution is 2.21. The fourth-order valence-electron chi connectivity index (χ4n) is 2.51. The molecular weight excluding hydrogens is 232 g/mol. The second-order valence-electron chi connectivity index (χ2n) is 5.20. The molecule has 0 aromatic heterocycles. The van der Waals surface area contributed by atoms with Gasteiger partial charge in [-0.2, -0.15) is 0 Å². The Morgan fingerprint density at radius 3 is 2.28 bits per heavy atom. The number of piperidine rings is 1. The summed E-state index contributed by atoms with van der Waals surface area (Å²) < 4.78 is 4.51. The van der Waals surface area contributed by atoms with Gasteiger partial charge in [0, 0.05) is 25.2 Å². The van der Waals surface area contributed by atoms with E-state index in [0.29, 0.717) is 12.1 Å². The number of nitrogens with zero attached hydrogens (tertiary/aromatic N) is 1. The van der Waals surface area contributed by atoms with Crippen molar-refractivity contribution < 1.29 is 14.3 Å². The lowest BCUT2D eigenvalue weighted by Gasteiger charge is -2.37. The molecule has 0 bridgehead atoms. The first kappa shape index (κ1) is 13.3. The lowest BCUT2D eigenvalue weighted by molar-refractivity contribution is -0.147. The summed E-state index contributed by atoms with van der Waals surface area (Å²) in [5.74, 6) is -0.557. The van der Waals surface area contributed by atoms with E-state index >= 15 is 0 Å². The number of carbonyl (C=O) groups excluding carboxylic acids is 2. The normalized spacial score (nSPS) is 21.5. The van der Waals surface area contributed by atoms with E-state index in [9.17, 15) is 9.59 Å². The first-order valence-electron chi connectivity index (χ1n) is 6.79. The van der Waals surface area contributed by atoms with Crippen molar-refractivity contribution >= 4 is 11.9 Å². The van der Waals surface area contributed by atoms with E-state index in [1.54, 1.807) is 4.90 Å². The summed E-state index contributed by atoms with van der Waals surface area (Å²) in [4.78, 5) is 24.6. The number of amides is 1. The van der Waals surface area contributed by atoms with Crippen molar-refractivity contribution in [1.82, 2.24) is 10.2 Å². The van der Waals surface area contributed by atoms with E-state index in [-0.39, 0.29) is 12.3 Å². The highest BCUT2D eigenvalue weighted by atomic mass is 16.5. The van der Waals surface area contributed by atoms with Crippen molar-refractivity contribution in [1.29, 1.82) is 0 Å². The van der Waals surface area contributed by atoms with Crippen molar-refractivity contribution in [3.05, 3.63) is 0 Å². The number of esters is 1. The van der Waals surface area contributed by atoms with Gasteiger partial charge >= 0.3 is 5.97 Å². The summed E-state index contributed by atoms with van der Waals surface area (Å²) in [6, 6.07) is 1.24. The summed E-state index contributed by atoms with van der Waals surface area (Å²) in [5.41, 5.74) is 0. The molecule has 0 atom stereocenters. The van der Waals surface area contributed by atoms with Crippen LogP contribution in [-0.4, -0.2) is 49.1 Å². The summed E-state index contributed by atoms with van der Waals surface area (Å²) in [7, 11) is 1.31. The van der Waals surface area contributed by atoms with Crippen LogP contribution in [0.2, 0.25) is 0 Å². The van der Waals surface area contributed by atoms with Crippen LogP contribution in [0, 0.1) is 0 Å². The maximum Gasteiger partial charge on any atom is 0.315 e. The number of rotatable bonds is 4. The van der Waals surface area contributed by atoms with Crippen LogP contribution in [0.15, 0.2) is 0 Å². The molecular formula is C13H22N2O3. The maximum absolute atomic E-state index is 11.8. The summed E-state index contributed by atoms with van der Waals surface area (Å²) in [5, 5.41) is 3.64. The summed E-state index contributed by atoms with van der Waals surface area (Å²) in [6.45, 7) is 1.50. The molecule has 1 aliphatic heterocycles. The van der Waals surface area contributed by atoms with Gasteiger partial charge in [0.1, 0.15) is 6.42 Å². The molecule has 0 unspecified atom stereocenters. The molecule has 1 aliphatic carbocycles. The average Bonchev–Trinajstić information content (AvgIpc) is 2.34. The molecule has 5 nitrogen and oxygen atoms in total. The third-order valence-electron chi connectivity index (χ3n) is 3.95. The lowest BCUT2D eigenvalue weighted by Crippen LogP contribution is -2.49. The zero-order valence-electron chi connectivity index (χ0n) is 11.0. The van der Waals surface area contributed by atoms with E-state index in [4.69, 9.17) is 0 Å². The number of carbonyl (C=O) groups is 2. The van der Waals surface area contributed by atoms with Gasteiger partial charge in [-0.3, -0.25) is 9.59 Å². The first-order valence-corrected chi connectivity index (χ1v) is 6.79. The predicted octanol–water partition coefficient (Wildman–Crippen LogP) is 0.683. The topological polar surface area (TPSA) is 58.6 Å². The van der Waals surface area contributed by atoms with Crippen molar-refractivity contribution in [3.8, 4) is 0 Å². The highest BCUT2D eigenvalue weighted by molar-refractivity contribution is 5.94. The van der Waals surface area contributed by atoms with Crippen LogP contribution in [0.4, 0.5) is 0 Å². The second kappa shape index (κ2) is 6.18. The molecule has 0 spiro atoms. The molecule has 0 radical (unpaired) electrons. The van der Waals surface area contributed by atoms with Crippen LogP contribution in [0.5, 0.6) is 0 Å². The fourth-order valence-corrected chi connectivity index (χ4v) is 2.51. The highest BCUT2D eigenvalue weighted by Gasteiger charge is 2.27. The van der Waals surface area contributed by atoms with Gasteiger partial charge in [-0.25, -0.2) is 0 Å². The van der Waals surface area contributed by atoms with Crippen LogP contribution in [-0.2, 0) is 14.3 Å². The molecule has 1 amide bonds. The van der Waals surface area contributed by atoms with Gasteiger partial charge in [-0.1, -0.05) is 6.42 Å². The average molecular weight is 254 g/mol. The Balaban J connectivity index is 1.68. The van der Waals surface area contributed by atoms with Gasteiger partial charge in [0.15, 0.2) is 0 Å². The van der Waals surface area contributed by atoms with Gasteiger partial charge in [-0.15, -0.1) is 0 Å². The van der Waals surface area contributed by atoms with Crippen molar-refractivity contribution in [2.75, 3.05) is 20.2 Å². The summed E-state index contributed by atoms with van der Waals surface area (Å²) in [6.07, 6.45) is 5.78. The van der Waals surface area contributed by atoms with Gasteiger partial charge in [0.05, 0.1) is 7.11 Å². The fraction of sp³-hybridized carbons (Fsp3) is 0.846. The SMILES string of the molecule is COC(=O)CC(=O)N1CCC(NC2CCC2)CC1. The van der Waals surface area contributed by atoms with E-state index in [0.717, 1.165) is 25.9 Å². The number of ether oxygens (including phenoxy) is 1. The largest absolute Gasteiger partial charge is 0.469 e. The number of nitrogens with one attached hydrogen (secondary N) is 1. The maximum atomic E-state index is 11.8. The van der Waals surface area contributed by atoms with Gasteiger partial charge < -0.3 is 15.0 Å². The van der Waals surface area contributed by atoms with Crippen molar-refractivity contribution in [3.63, 3.8) is 0 Å². The van der Waals surface area contributed by atoms with E-state index in [2.05, 4.69) is 10.1 Å². The van der Waals surface area contributed by atoms with Gasteiger partial charge in [-0.05, 0) is 25.7 Å². The Kier molecular flexibility index (Phi) is 4.58. The first-order chi connectivity index (χ1) is 8.69. The number of likely N-dealkylation sites (tertiary alicyclic amines) is 1. The molecule has 2 aliphatic rings. The number of hydrogen-bond acceptors (Lipinski definition) is 4. The quantitative estimate of drug-likeness (QED) is 0.592. The van der Waals surface area contributed by atoms with Gasteiger partial charge in [0.2, 0.25) is 5.91 Å². The molecule has 102 valence electrons. The van der Waals surface area contributed by atoms with Crippen LogP contribution >= 0.6 is 0 Å². The van der Waals surface area contributed by atoms with E-state index < -0.39 is 5.97 Å². The minimum absolute atomic E-state index is 0.107. The molecule has 0 aromatic carbocycles. The van der Waals surface area contributed by atoms with E-state index in [1.165, 1.54) is 26.4 Å². The Morgan fingerprint density at radius 1 is 1.17 bits per heavy atom. The molecule has 1 heterocycles. The van der Waals surface area contributed by atoms with Crippen molar-refractivity contribution in [2.24, 2.45) is 0 Å². The zero-order chi connectivity index (χ0) is 13.0. The monoisotopic (exact) mass is 254 g/mol. The van der Waals surface area contributed by atoms with Crippen molar-refractivity contribution in [2.45, 2.75) is 50.6 Å². The zero-order valence-corrected chi connectivity index (χ0v) is 11.0. The molecule has 2 fully saturated rings. The minimum atomic E-state index is -0.449. The number of methoxy groups -OCH3 is 1. The predicted molar refractivity (Wildman–Crippen MR) is 67.0 cm³/mol. The smallest absolute Gasteiger partial charge is 0.315 e. The molecule has 1 saturated heterocycles. The third-order valence-corrected chi connectivity index (χ3v) is 3.95. The lowest BCUT2D eigenvalue weighted by atomic mass is 9.91. The third kappa shape index (κ3) is 3.45. The van der Waals surface area contributed by atoms with Crippen LogP contribution in [0.3, 0.4) is 0 Å². The Hall–Kier alpha value is -1.10. The molecule has 2 rings (SSSR count). The van der Waals surface area contributed by atoms with Crippen LogP contribution in [0.25, 0.3) is 0 Å².